The molecule has 0 radical (unpaired) electrons. The molecular formula is C20H6Br2F8S2. The zero-order valence-electron chi connectivity index (χ0n) is 15.1. The largest absolute Gasteiger partial charge is 0.203 e. The molecule has 0 bridgehead atoms. The van der Waals surface area contributed by atoms with Crippen LogP contribution in [-0.2, 0) is 0 Å². The van der Waals surface area contributed by atoms with Gasteiger partial charge in [0.15, 0.2) is 46.5 Å². The SMILES string of the molecule is Fc1c(F)c(-c2cccs2)c(F)c(F)c1Br.Fc1c(F)c(-c2cccs2)c(F)c(F)c1Br. The van der Waals surface area contributed by atoms with Crippen LogP contribution in [0.1, 0.15) is 0 Å². The van der Waals surface area contributed by atoms with Crippen LogP contribution in [0.15, 0.2) is 44.0 Å². The molecule has 2 aromatic carbocycles. The number of hydrogen-bond donors (Lipinski definition) is 0. The van der Waals surface area contributed by atoms with Crippen molar-refractivity contribution in [1.82, 2.24) is 0 Å². The van der Waals surface area contributed by atoms with Gasteiger partial charge in [0.05, 0.1) is 20.1 Å². The minimum atomic E-state index is -1.43. The van der Waals surface area contributed by atoms with Crippen LogP contribution in [0.4, 0.5) is 35.1 Å². The van der Waals surface area contributed by atoms with E-state index in [1.165, 1.54) is 24.3 Å². The summed E-state index contributed by atoms with van der Waals surface area (Å²) in [6, 6.07) is 5.85. The highest BCUT2D eigenvalue weighted by molar-refractivity contribution is 9.10. The molecule has 0 atom stereocenters. The highest BCUT2D eigenvalue weighted by Gasteiger charge is 2.26. The maximum absolute atomic E-state index is 13.5. The van der Waals surface area contributed by atoms with Gasteiger partial charge in [-0.2, -0.15) is 0 Å². The monoisotopic (exact) mass is 620 g/mol. The minimum Gasteiger partial charge on any atom is -0.203 e. The predicted molar refractivity (Wildman–Crippen MR) is 115 cm³/mol. The molecule has 168 valence electrons. The Bertz CT molecular complexity index is 1110. The van der Waals surface area contributed by atoms with Gasteiger partial charge in [0.25, 0.3) is 0 Å². The predicted octanol–water partition coefficient (Wildman–Crippen LogP) is 9.47. The quantitative estimate of drug-likeness (QED) is 0.119. The number of halogens is 10. The third-order valence-electron chi connectivity index (χ3n) is 3.95. The smallest absolute Gasteiger partial charge is 0.176 e. The lowest BCUT2D eigenvalue weighted by Gasteiger charge is -2.06. The lowest BCUT2D eigenvalue weighted by molar-refractivity contribution is 0.451. The van der Waals surface area contributed by atoms with Gasteiger partial charge in [-0.3, -0.25) is 0 Å². The summed E-state index contributed by atoms with van der Waals surface area (Å²) in [6.07, 6.45) is 0. The van der Waals surface area contributed by atoms with Crippen molar-refractivity contribution in [2.24, 2.45) is 0 Å². The highest BCUT2D eigenvalue weighted by atomic mass is 79.9. The molecule has 32 heavy (non-hydrogen) atoms. The first-order valence-corrected chi connectivity index (χ1v) is 11.5. The second-order valence-corrected chi connectivity index (χ2v) is 9.33. The van der Waals surface area contributed by atoms with Gasteiger partial charge in [0.1, 0.15) is 0 Å². The Hall–Kier alpha value is -1.76. The van der Waals surface area contributed by atoms with Crippen molar-refractivity contribution >= 4 is 54.5 Å². The normalized spacial score (nSPS) is 10.8. The summed E-state index contributed by atoms with van der Waals surface area (Å²) in [5.41, 5.74) is -1.35. The number of thiophene rings is 2. The van der Waals surface area contributed by atoms with Crippen molar-refractivity contribution in [2.75, 3.05) is 0 Å². The van der Waals surface area contributed by atoms with Crippen molar-refractivity contribution in [2.45, 2.75) is 0 Å². The molecule has 2 aromatic heterocycles. The number of rotatable bonds is 2. The Morgan fingerprint density at radius 1 is 0.469 bits per heavy atom. The molecule has 4 aromatic rings. The molecule has 0 nitrogen and oxygen atoms in total. The van der Waals surface area contributed by atoms with E-state index in [2.05, 4.69) is 31.9 Å². The molecule has 0 saturated heterocycles. The average Bonchev–Trinajstić information content (AvgIpc) is 3.49. The Balaban J connectivity index is 0.000000181. The first-order chi connectivity index (χ1) is 15.1. The van der Waals surface area contributed by atoms with E-state index in [9.17, 15) is 35.1 Å². The Morgan fingerprint density at radius 2 is 0.750 bits per heavy atom. The average molecular weight is 622 g/mol. The van der Waals surface area contributed by atoms with E-state index in [4.69, 9.17) is 0 Å². The van der Waals surface area contributed by atoms with E-state index in [1.54, 1.807) is 10.8 Å². The fourth-order valence-electron chi connectivity index (χ4n) is 2.48. The fourth-order valence-corrected chi connectivity index (χ4v) is 4.70. The lowest BCUT2D eigenvalue weighted by Crippen LogP contribution is -1.99. The summed E-state index contributed by atoms with van der Waals surface area (Å²) in [5.74, 6) is -11.3. The Kier molecular flexibility index (Phi) is 7.79. The van der Waals surface area contributed by atoms with E-state index >= 15 is 0 Å². The van der Waals surface area contributed by atoms with Gasteiger partial charge < -0.3 is 0 Å². The number of hydrogen-bond acceptors (Lipinski definition) is 2. The van der Waals surface area contributed by atoms with Gasteiger partial charge in [-0.25, -0.2) is 35.1 Å². The standard InChI is InChI=1S/2C10H3BrF4S/c2*11-6-9(14)7(12)5(8(13)10(6)15)4-2-1-3-16-4/h2*1-3H. The molecule has 0 aliphatic carbocycles. The van der Waals surface area contributed by atoms with E-state index in [0.717, 1.165) is 22.7 Å². The van der Waals surface area contributed by atoms with Crippen LogP contribution in [-0.4, -0.2) is 0 Å². The van der Waals surface area contributed by atoms with Gasteiger partial charge in [-0.05, 0) is 54.8 Å². The summed E-state index contributed by atoms with van der Waals surface area (Å²) in [5, 5.41) is 3.12. The molecule has 0 unspecified atom stereocenters. The molecule has 12 heteroatoms. The topological polar surface area (TPSA) is 0 Å². The molecular weight excluding hydrogens is 616 g/mol. The third kappa shape index (κ3) is 4.50. The lowest BCUT2D eigenvalue weighted by atomic mass is 10.1. The maximum atomic E-state index is 13.5. The van der Waals surface area contributed by atoms with Crippen molar-refractivity contribution in [3.8, 4) is 20.9 Å². The molecule has 0 aliphatic rings. The van der Waals surface area contributed by atoms with Gasteiger partial charge in [0, 0.05) is 9.75 Å². The summed E-state index contributed by atoms with van der Waals surface area (Å²) < 4.78 is 105. The highest BCUT2D eigenvalue weighted by Crippen LogP contribution is 2.37. The Labute approximate surface area is 200 Å². The second kappa shape index (κ2) is 10.0. The summed E-state index contributed by atoms with van der Waals surface area (Å²) >= 11 is 6.90. The Morgan fingerprint density at radius 3 is 0.969 bits per heavy atom. The molecule has 0 saturated carbocycles. The van der Waals surface area contributed by atoms with Crippen LogP contribution in [0.25, 0.3) is 20.9 Å². The third-order valence-corrected chi connectivity index (χ3v) is 7.12. The molecule has 4 rings (SSSR count). The molecule has 0 N–H and O–H groups in total. The van der Waals surface area contributed by atoms with Gasteiger partial charge in [-0.15, -0.1) is 22.7 Å². The van der Waals surface area contributed by atoms with Gasteiger partial charge in [-0.1, -0.05) is 12.1 Å². The van der Waals surface area contributed by atoms with Crippen LogP contribution < -0.4 is 0 Å². The fraction of sp³-hybridized carbons (Fsp3) is 0. The van der Waals surface area contributed by atoms with E-state index in [0.29, 0.717) is 0 Å². The minimum absolute atomic E-state index is 0.139. The summed E-state index contributed by atoms with van der Waals surface area (Å²) in [4.78, 5) is 0.278. The van der Waals surface area contributed by atoms with Crippen LogP contribution in [0.3, 0.4) is 0 Å². The van der Waals surface area contributed by atoms with Crippen LogP contribution in [0, 0.1) is 46.5 Å². The van der Waals surface area contributed by atoms with Crippen LogP contribution in [0.2, 0.25) is 0 Å². The van der Waals surface area contributed by atoms with E-state index < -0.39 is 66.6 Å². The van der Waals surface area contributed by atoms with Crippen molar-refractivity contribution < 1.29 is 35.1 Å². The zero-order chi connectivity index (χ0) is 23.7. The van der Waals surface area contributed by atoms with Crippen molar-refractivity contribution in [3.05, 3.63) is 90.5 Å². The van der Waals surface area contributed by atoms with Crippen molar-refractivity contribution in [1.29, 1.82) is 0 Å². The maximum Gasteiger partial charge on any atom is 0.176 e. The molecule has 0 aliphatic heterocycles. The molecule has 0 spiro atoms. The van der Waals surface area contributed by atoms with E-state index in [1.807, 2.05) is 0 Å². The molecule has 0 fully saturated rings. The molecule has 0 amide bonds. The first kappa shape index (κ1) is 24.9. The van der Waals surface area contributed by atoms with E-state index in [-0.39, 0.29) is 9.75 Å². The van der Waals surface area contributed by atoms with Gasteiger partial charge >= 0.3 is 0 Å². The number of benzene rings is 2. The van der Waals surface area contributed by atoms with Crippen LogP contribution in [0.5, 0.6) is 0 Å². The summed E-state index contributed by atoms with van der Waals surface area (Å²) in [6.45, 7) is 0. The first-order valence-electron chi connectivity index (χ1n) is 8.18. The second-order valence-electron chi connectivity index (χ2n) is 5.84. The summed E-state index contributed by atoms with van der Waals surface area (Å²) in [7, 11) is 0. The van der Waals surface area contributed by atoms with Crippen molar-refractivity contribution in [3.63, 3.8) is 0 Å². The van der Waals surface area contributed by atoms with Crippen LogP contribution >= 0.6 is 54.5 Å². The zero-order valence-corrected chi connectivity index (χ0v) is 19.9. The molecule has 2 heterocycles. The van der Waals surface area contributed by atoms with Gasteiger partial charge in [0.2, 0.25) is 0 Å².